The first kappa shape index (κ1) is 18.0. The van der Waals surface area contributed by atoms with Gasteiger partial charge in [-0.15, -0.1) is 0 Å². The van der Waals surface area contributed by atoms with Crippen LogP contribution in [0.5, 0.6) is 11.5 Å². The van der Waals surface area contributed by atoms with Gasteiger partial charge in [0.25, 0.3) is 0 Å². The van der Waals surface area contributed by atoms with E-state index >= 15 is 0 Å². The second kappa shape index (κ2) is 8.52. The monoisotopic (exact) mass is 321 g/mol. The molecular formula is C18H31N3O2. The summed E-state index contributed by atoms with van der Waals surface area (Å²) in [5.74, 6) is 1.52. The van der Waals surface area contributed by atoms with E-state index in [1.165, 1.54) is 18.5 Å². The van der Waals surface area contributed by atoms with Crippen molar-refractivity contribution in [1.82, 2.24) is 9.80 Å². The molecule has 0 spiro atoms. The van der Waals surface area contributed by atoms with Crippen molar-refractivity contribution in [3.8, 4) is 11.5 Å². The van der Waals surface area contributed by atoms with Gasteiger partial charge >= 0.3 is 0 Å². The molecule has 1 aliphatic heterocycles. The summed E-state index contributed by atoms with van der Waals surface area (Å²) >= 11 is 0. The summed E-state index contributed by atoms with van der Waals surface area (Å²) in [6.07, 6.45) is 1.21. The molecule has 1 fully saturated rings. The van der Waals surface area contributed by atoms with Crippen LogP contribution in [0.3, 0.4) is 0 Å². The van der Waals surface area contributed by atoms with E-state index in [1.54, 1.807) is 14.2 Å². The lowest BCUT2D eigenvalue weighted by Crippen LogP contribution is -2.53. The highest BCUT2D eigenvalue weighted by molar-refractivity contribution is 5.44. The van der Waals surface area contributed by atoms with Crippen molar-refractivity contribution in [3.05, 3.63) is 23.8 Å². The van der Waals surface area contributed by atoms with Gasteiger partial charge < -0.3 is 15.2 Å². The summed E-state index contributed by atoms with van der Waals surface area (Å²) in [6.45, 7) is 9.56. The minimum absolute atomic E-state index is 0.223. The molecule has 0 aromatic heterocycles. The molecule has 0 amide bonds. The van der Waals surface area contributed by atoms with Gasteiger partial charge in [0.2, 0.25) is 0 Å². The van der Waals surface area contributed by atoms with E-state index < -0.39 is 0 Å². The van der Waals surface area contributed by atoms with Gasteiger partial charge in [-0.25, -0.2) is 0 Å². The molecule has 0 radical (unpaired) electrons. The Morgan fingerprint density at radius 2 is 1.96 bits per heavy atom. The Balaban J connectivity index is 2.14. The molecule has 1 saturated heterocycles. The number of nitrogens with zero attached hydrogens (tertiary/aromatic N) is 2. The van der Waals surface area contributed by atoms with Crippen LogP contribution in [-0.2, 0) is 0 Å². The lowest BCUT2D eigenvalue weighted by molar-refractivity contribution is 0.0571. The van der Waals surface area contributed by atoms with E-state index in [0.29, 0.717) is 12.6 Å². The second-order valence-corrected chi connectivity index (χ2v) is 6.25. The molecule has 5 heteroatoms. The van der Waals surface area contributed by atoms with E-state index in [-0.39, 0.29) is 6.04 Å². The summed E-state index contributed by atoms with van der Waals surface area (Å²) in [5.41, 5.74) is 7.30. The second-order valence-electron chi connectivity index (χ2n) is 6.25. The molecule has 1 aromatic carbocycles. The zero-order valence-corrected chi connectivity index (χ0v) is 14.9. The quantitative estimate of drug-likeness (QED) is 0.834. The van der Waals surface area contributed by atoms with Gasteiger partial charge in [-0.1, -0.05) is 13.0 Å². The van der Waals surface area contributed by atoms with Crippen molar-refractivity contribution < 1.29 is 9.47 Å². The minimum Gasteiger partial charge on any atom is -0.493 e. The van der Waals surface area contributed by atoms with Crippen LogP contribution in [0.25, 0.3) is 0 Å². The Kier molecular flexibility index (Phi) is 6.69. The SMILES string of the molecule is CCCN1CCN(C(CN)c2ccc(OC)c(OC)c2)CC1C. The van der Waals surface area contributed by atoms with Crippen molar-refractivity contribution in [2.24, 2.45) is 5.73 Å². The molecule has 130 valence electrons. The normalized spacial score (nSPS) is 21.2. The van der Waals surface area contributed by atoms with Gasteiger partial charge in [0.15, 0.2) is 11.5 Å². The Labute approximate surface area is 140 Å². The third-order valence-electron chi connectivity index (χ3n) is 4.76. The number of methoxy groups -OCH3 is 2. The highest BCUT2D eigenvalue weighted by Gasteiger charge is 2.28. The maximum Gasteiger partial charge on any atom is 0.161 e. The Morgan fingerprint density at radius 3 is 2.52 bits per heavy atom. The maximum atomic E-state index is 6.11. The van der Waals surface area contributed by atoms with Crippen LogP contribution in [0.15, 0.2) is 18.2 Å². The smallest absolute Gasteiger partial charge is 0.161 e. The molecule has 0 aliphatic carbocycles. The number of hydrogen-bond acceptors (Lipinski definition) is 5. The van der Waals surface area contributed by atoms with E-state index in [9.17, 15) is 0 Å². The van der Waals surface area contributed by atoms with Crippen molar-refractivity contribution >= 4 is 0 Å². The molecule has 0 saturated carbocycles. The van der Waals surface area contributed by atoms with E-state index in [0.717, 1.165) is 31.1 Å². The predicted octanol–water partition coefficient (Wildman–Crippen LogP) is 2.12. The first-order chi connectivity index (χ1) is 11.1. The summed E-state index contributed by atoms with van der Waals surface area (Å²) in [7, 11) is 3.33. The van der Waals surface area contributed by atoms with Gasteiger partial charge in [0.05, 0.1) is 14.2 Å². The van der Waals surface area contributed by atoms with Crippen molar-refractivity contribution in [3.63, 3.8) is 0 Å². The summed E-state index contributed by atoms with van der Waals surface area (Å²) in [4.78, 5) is 5.07. The number of benzene rings is 1. The molecule has 1 aromatic rings. The van der Waals surface area contributed by atoms with Crippen LogP contribution < -0.4 is 15.2 Å². The zero-order chi connectivity index (χ0) is 16.8. The largest absolute Gasteiger partial charge is 0.493 e. The third kappa shape index (κ3) is 4.16. The molecule has 2 atom stereocenters. The molecule has 1 aliphatic rings. The highest BCUT2D eigenvalue weighted by atomic mass is 16.5. The van der Waals surface area contributed by atoms with Crippen molar-refractivity contribution in [2.45, 2.75) is 32.4 Å². The summed E-state index contributed by atoms with van der Waals surface area (Å²) in [5, 5.41) is 0. The summed E-state index contributed by atoms with van der Waals surface area (Å²) in [6, 6.07) is 6.91. The van der Waals surface area contributed by atoms with Crippen LogP contribution in [0.2, 0.25) is 0 Å². The number of rotatable bonds is 7. The number of hydrogen-bond donors (Lipinski definition) is 1. The van der Waals surface area contributed by atoms with E-state index in [1.807, 2.05) is 6.07 Å². The third-order valence-corrected chi connectivity index (χ3v) is 4.76. The maximum absolute atomic E-state index is 6.11. The Bertz CT molecular complexity index is 495. The van der Waals surface area contributed by atoms with Crippen LogP contribution in [0.4, 0.5) is 0 Å². The van der Waals surface area contributed by atoms with E-state index in [4.69, 9.17) is 15.2 Å². The minimum atomic E-state index is 0.223. The molecule has 0 bridgehead atoms. The van der Waals surface area contributed by atoms with Crippen LogP contribution in [-0.4, -0.2) is 62.8 Å². The standard InChI is InChI=1S/C18H31N3O2/c1-5-8-20-9-10-21(13-14(20)2)16(12-19)15-6-7-17(22-3)18(11-15)23-4/h6-7,11,14,16H,5,8-10,12-13,19H2,1-4H3. The van der Waals surface area contributed by atoms with Gasteiger partial charge in [0.1, 0.15) is 0 Å². The molecule has 23 heavy (non-hydrogen) atoms. The van der Waals surface area contributed by atoms with Gasteiger partial charge in [0, 0.05) is 38.3 Å². The Morgan fingerprint density at radius 1 is 1.22 bits per heavy atom. The highest BCUT2D eigenvalue weighted by Crippen LogP contribution is 2.32. The number of piperazine rings is 1. The molecule has 2 N–H and O–H groups in total. The molecule has 2 unspecified atom stereocenters. The van der Waals surface area contributed by atoms with Crippen molar-refractivity contribution in [1.29, 1.82) is 0 Å². The van der Waals surface area contributed by atoms with E-state index in [2.05, 4.69) is 35.8 Å². The molecule has 5 nitrogen and oxygen atoms in total. The van der Waals surface area contributed by atoms with Crippen molar-refractivity contribution in [2.75, 3.05) is 46.9 Å². The predicted molar refractivity (Wildman–Crippen MR) is 94.2 cm³/mol. The summed E-state index contributed by atoms with van der Waals surface area (Å²) < 4.78 is 10.8. The van der Waals surface area contributed by atoms with Crippen LogP contribution in [0, 0.1) is 0 Å². The molecule has 1 heterocycles. The lowest BCUT2D eigenvalue weighted by atomic mass is 10.0. The average Bonchev–Trinajstić information content (AvgIpc) is 2.57. The van der Waals surface area contributed by atoms with Gasteiger partial charge in [-0.05, 0) is 37.6 Å². The fourth-order valence-corrected chi connectivity index (χ4v) is 3.48. The topological polar surface area (TPSA) is 51.0 Å². The number of nitrogens with two attached hydrogens (primary N) is 1. The first-order valence-electron chi connectivity index (χ1n) is 8.54. The van der Waals surface area contributed by atoms with Gasteiger partial charge in [-0.3, -0.25) is 9.80 Å². The van der Waals surface area contributed by atoms with Crippen LogP contribution in [0.1, 0.15) is 31.9 Å². The van der Waals surface area contributed by atoms with Gasteiger partial charge in [-0.2, -0.15) is 0 Å². The fourth-order valence-electron chi connectivity index (χ4n) is 3.48. The lowest BCUT2D eigenvalue weighted by Gasteiger charge is -2.43. The average molecular weight is 321 g/mol. The zero-order valence-electron chi connectivity index (χ0n) is 14.9. The molecular weight excluding hydrogens is 290 g/mol. The first-order valence-corrected chi connectivity index (χ1v) is 8.54. The Hall–Kier alpha value is -1.30. The number of ether oxygens (including phenoxy) is 2. The fraction of sp³-hybridized carbons (Fsp3) is 0.667. The van der Waals surface area contributed by atoms with Crippen LogP contribution >= 0.6 is 0 Å². The molecule has 2 rings (SSSR count).